The number of nitrogens with zero attached hydrogens (tertiary/aromatic N) is 2. The Morgan fingerprint density at radius 3 is 2.42 bits per heavy atom. The molecule has 0 spiro atoms. The molecule has 0 aliphatic carbocycles. The van der Waals surface area contributed by atoms with Gasteiger partial charge in [0.05, 0.1) is 5.69 Å². The molecule has 2 aromatic rings. The maximum atomic E-state index is 5.74. The molecule has 0 aliphatic rings. The highest BCUT2D eigenvalue weighted by Gasteiger charge is 2.17. The van der Waals surface area contributed by atoms with Gasteiger partial charge in [-0.15, -0.1) is 0 Å². The first kappa shape index (κ1) is 13.8. The summed E-state index contributed by atoms with van der Waals surface area (Å²) in [6.07, 6.45) is 0.860. The van der Waals surface area contributed by atoms with E-state index in [2.05, 4.69) is 44.9 Å². The van der Waals surface area contributed by atoms with E-state index < -0.39 is 0 Å². The summed E-state index contributed by atoms with van der Waals surface area (Å²) < 4.78 is 1.96. The third-order valence-corrected chi connectivity index (χ3v) is 4.05. The predicted molar refractivity (Wildman–Crippen MR) is 80.4 cm³/mol. The Labute approximate surface area is 115 Å². The second-order valence-electron chi connectivity index (χ2n) is 5.25. The van der Waals surface area contributed by atoms with Gasteiger partial charge in [-0.2, -0.15) is 5.10 Å². The van der Waals surface area contributed by atoms with Crippen molar-refractivity contribution in [2.45, 2.75) is 34.1 Å². The number of hydrogen-bond acceptors (Lipinski definition) is 2. The number of hydrogen-bond donors (Lipinski definition) is 1. The molecule has 2 N–H and O–H groups in total. The highest BCUT2D eigenvalue weighted by Crippen LogP contribution is 2.32. The zero-order valence-electron chi connectivity index (χ0n) is 12.5. The molecule has 0 radical (unpaired) electrons. The van der Waals surface area contributed by atoms with Gasteiger partial charge < -0.3 is 5.73 Å². The standard InChI is InChI=1S/C16H23N3/c1-10-6-7-14(12(3)11(10)2)16-13(4)18-19(5)15(16)8-9-17/h6-7H,8-9,17H2,1-5H3. The number of rotatable bonds is 3. The highest BCUT2D eigenvalue weighted by molar-refractivity contribution is 5.73. The molecule has 0 bridgehead atoms. The second kappa shape index (κ2) is 5.17. The normalized spacial score (nSPS) is 11.1. The van der Waals surface area contributed by atoms with Crippen LogP contribution in [0.1, 0.15) is 28.1 Å². The number of nitrogens with two attached hydrogens (primary N) is 1. The second-order valence-corrected chi connectivity index (χ2v) is 5.25. The van der Waals surface area contributed by atoms with Crippen molar-refractivity contribution in [3.05, 3.63) is 40.2 Å². The van der Waals surface area contributed by atoms with Gasteiger partial charge in [0.25, 0.3) is 0 Å². The monoisotopic (exact) mass is 257 g/mol. The van der Waals surface area contributed by atoms with E-state index in [1.54, 1.807) is 0 Å². The van der Waals surface area contributed by atoms with E-state index in [0.717, 1.165) is 12.1 Å². The molecule has 1 heterocycles. The van der Waals surface area contributed by atoms with Crippen molar-refractivity contribution in [1.29, 1.82) is 0 Å². The average Bonchev–Trinajstić information content (AvgIpc) is 2.63. The van der Waals surface area contributed by atoms with Gasteiger partial charge in [-0.25, -0.2) is 0 Å². The molecule has 0 atom stereocenters. The van der Waals surface area contributed by atoms with Gasteiger partial charge in [-0.1, -0.05) is 12.1 Å². The van der Waals surface area contributed by atoms with Gasteiger partial charge in [-0.05, 0) is 56.5 Å². The molecule has 0 amide bonds. The summed E-state index contributed by atoms with van der Waals surface area (Å²) in [5.41, 5.74) is 14.6. The minimum absolute atomic E-state index is 0.649. The topological polar surface area (TPSA) is 43.8 Å². The molecule has 0 fully saturated rings. The first-order valence-corrected chi connectivity index (χ1v) is 6.77. The van der Waals surface area contributed by atoms with E-state index in [1.165, 1.54) is 33.5 Å². The van der Waals surface area contributed by atoms with Crippen LogP contribution < -0.4 is 5.73 Å². The van der Waals surface area contributed by atoms with E-state index in [0.29, 0.717) is 6.54 Å². The summed E-state index contributed by atoms with van der Waals surface area (Å²) in [5, 5.41) is 4.56. The third-order valence-electron chi connectivity index (χ3n) is 4.05. The van der Waals surface area contributed by atoms with Gasteiger partial charge in [0.15, 0.2) is 0 Å². The van der Waals surface area contributed by atoms with Gasteiger partial charge in [0.1, 0.15) is 0 Å². The van der Waals surface area contributed by atoms with Gasteiger partial charge >= 0.3 is 0 Å². The van der Waals surface area contributed by atoms with Crippen LogP contribution in [0, 0.1) is 27.7 Å². The molecule has 0 aliphatic heterocycles. The summed E-state index contributed by atoms with van der Waals surface area (Å²) >= 11 is 0. The number of aryl methyl sites for hydroxylation is 3. The Morgan fingerprint density at radius 1 is 1.11 bits per heavy atom. The van der Waals surface area contributed by atoms with Crippen molar-refractivity contribution in [2.75, 3.05) is 6.54 Å². The van der Waals surface area contributed by atoms with Crippen LogP contribution in [0.2, 0.25) is 0 Å². The van der Waals surface area contributed by atoms with Crippen LogP contribution >= 0.6 is 0 Å². The summed E-state index contributed by atoms with van der Waals surface area (Å²) in [5.74, 6) is 0. The molecule has 0 saturated carbocycles. The fraction of sp³-hybridized carbons (Fsp3) is 0.438. The summed E-state index contributed by atoms with van der Waals surface area (Å²) in [6.45, 7) is 9.25. The van der Waals surface area contributed by atoms with Crippen molar-refractivity contribution in [3.8, 4) is 11.1 Å². The maximum Gasteiger partial charge on any atom is 0.0675 e. The molecule has 0 unspecified atom stereocenters. The lowest BCUT2D eigenvalue weighted by Gasteiger charge is -2.13. The lowest BCUT2D eigenvalue weighted by Crippen LogP contribution is -2.08. The van der Waals surface area contributed by atoms with Crippen molar-refractivity contribution in [1.82, 2.24) is 9.78 Å². The van der Waals surface area contributed by atoms with Crippen molar-refractivity contribution >= 4 is 0 Å². The SMILES string of the molecule is Cc1ccc(-c2c(C)nn(C)c2CCN)c(C)c1C. The molecule has 2 rings (SSSR count). The van der Waals surface area contributed by atoms with Crippen molar-refractivity contribution in [3.63, 3.8) is 0 Å². The number of aromatic nitrogens is 2. The maximum absolute atomic E-state index is 5.74. The van der Waals surface area contributed by atoms with E-state index in [9.17, 15) is 0 Å². The van der Waals surface area contributed by atoms with Crippen molar-refractivity contribution in [2.24, 2.45) is 12.8 Å². The molecule has 102 valence electrons. The molecule has 1 aromatic heterocycles. The summed E-state index contributed by atoms with van der Waals surface area (Å²) in [6, 6.07) is 4.40. The molecule has 0 saturated heterocycles. The van der Waals surface area contributed by atoms with Crippen LogP contribution in [0.25, 0.3) is 11.1 Å². The van der Waals surface area contributed by atoms with Gasteiger partial charge in [-0.3, -0.25) is 4.68 Å². The molecular weight excluding hydrogens is 234 g/mol. The smallest absolute Gasteiger partial charge is 0.0675 e. The van der Waals surface area contributed by atoms with E-state index in [-0.39, 0.29) is 0 Å². The highest BCUT2D eigenvalue weighted by atomic mass is 15.3. The Morgan fingerprint density at radius 2 is 1.79 bits per heavy atom. The summed E-state index contributed by atoms with van der Waals surface area (Å²) in [4.78, 5) is 0. The first-order valence-electron chi connectivity index (χ1n) is 6.77. The van der Waals surface area contributed by atoms with Crippen LogP contribution in [0.5, 0.6) is 0 Å². The molecule has 3 nitrogen and oxygen atoms in total. The fourth-order valence-electron chi connectivity index (χ4n) is 2.71. The van der Waals surface area contributed by atoms with E-state index in [4.69, 9.17) is 5.73 Å². The van der Waals surface area contributed by atoms with Crippen molar-refractivity contribution < 1.29 is 0 Å². The lowest BCUT2D eigenvalue weighted by molar-refractivity contribution is 0.701. The zero-order chi connectivity index (χ0) is 14.2. The largest absolute Gasteiger partial charge is 0.330 e. The van der Waals surface area contributed by atoms with Crippen LogP contribution in [-0.4, -0.2) is 16.3 Å². The summed E-state index contributed by atoms with van der Waals surface area (Å²) in [7, 11) is 2.00. The predicted octanol–water partition coefficient (Wildman–Crippen LogP) is 2.82. The molecule has 1 aromatic carbocycles. The van der Waals surface area contributed by atoms with E-state index >= 15 is 0 Å². The lowest BCUT2D eigenvalue weighted by atomic mass is 9.92. The van der Waals surface area contributed by atoms with Crippen LogP contribution in [0.15, 0.2) is 12.1 Å². The fourth-order valence-corrected chi connectivity index (χ4v) is 2.71. The van der Waals surface area contributed by atoms with Gasteiger partial charge in [0.2, 0.25) is 0 Å². The van der Waals surface area contributed by atoms with Crippen LogP contribution in [0.4, 0.5) is 0 Å². The van der Waals surface area contributed by atoms with Crippen LogP contribution in [-0.2, 0) is 13.5 Å². The Hall–Kier alpha value is -1.61. The first-order chi connectivity index (χ1) is 8.97. The minimum Gasteiger partial charge on any atom is -0.330 e. The molecule has 3 heteroatoms. The Balaban J connectivity index is 2.68. The molecule has 19 heavy (non-hydrogen) atoms. The zero-order valence-corrected chi connectivity index (χ0v) is 12.5. The Bertz CT molecular complexity index is 609. The Kier molecular flexibility index (Phi) is 3.76. The average molecular weight is 257 g/mol. The van der Waals surface area contributed by atoms with E-state index in [1.807, 2.05) is 11.7 Å². The quantitative estimate of drug-likeness (QED) is 0.919. The third kappa shape index (κ3) is 2.30. The van der Waals surface area contributed by atoms with Gasteiger partial charge in [0, 0.05) is 24.7 Å². The van der Waals surface area contributed by atoms with Crippen LogP contribution in [0.3, 0.4) is 0 Å². The number of benzene rings is 1. The molecular formula is C16H23N3. The minimum atomic E-state index is 0.649.